The van der Waals surface area contributed by atoms with Crippen molar-refractivity contribution in [3.63, 3.8) is 0 Å². The van der Waals surface area contributed by atoms with Crippen molar-refractivity contribution < 1.29 is 18.7 Å². The maximum absolute atomic E-state index is 12.8. The Morgan fingerprint density at radius 2 is 2.12 bits per heavy atom. The number of fused-ring (bicyclic) bond motifs is 1. The molecule has 1 aliphatic rings. The van der Waals surface area contributed by atoms with Crippen molar-refractivity contribution in [1.82, 2.24) is 4.57 Å². The molecule has 0 aromatic carbocycles. The minimum absolute atomic E-state index is 0.0645. The Kier molecular flexibility index (Phi) is 4.60. The van der Waals surface area contributed by atoms with Crippen LogP contribution in [0, 0.1) is 6.92 Å². The number of rotatable bonds is 4. The van der Waals surface area contributed by atoms with Crippen molar-refractivity contribution >= 4 is 11.8 Å². The van der Waals surface area contributed by atoms with E-state index in [2.05, 4.69) is 0 Å². The van der Waals surface area contributed by atoms with Crippen molar-refractivity contribution in [3.05, 3.63) is 47.2 Å². The zero-order valence-electron chi connectivity index (χ0n) is 14.4. The largest absolute Gasteiger partial charge is 0.472 e. The number of esters is 1. The van der Waals surface area contributed by atoms with Crippen molar-refractivity contribution in [2.75, 3.05) is 0 Å². The third-order valence-electron chi connectivity index (χ3n) is 4.44. The number of furan rings is 1. The summed E-state index contributed by atoms with van der Waals surface area (Å²) in [6.45, 7) is 6.37. The van der Waals surface area contributed by atoms with Gasteiger partial charge in [-0.3, -0.25) is 9.59 Å². The Morgan fingerprint density at radius 1 is 1.33 bits per heavy atom. The third-order valence-corrected chi connectivity index (χ3v) is 4.44. The first-order valence-electron chi connectivity index (χ1n) is 8.46. The first kappa shape index (κ1) is 16.6. The number of hydrogen-bond acceptors (Lipinski definition) is 4. The second-order valence-corrected chi connectivity index (χ2v) is 6.63. The minimum Gasteiger partial charge on any atom is -0.472 e. The molecular formula is C19H23NO4. The van der Waals surface area contributed by atoms with Gasteiger partial charge in [0.15, 0.2) is 0 Å². The fourth-order valence-corrected chi connectivity index (χ4v) is 3.39. The Morgan fingerprint density at radius 3 is 2.79 bits per heavy atom. The van der Waals surface area contributed by atoms with Crippen LogP contribution < -0.4 is 0 Å². The Balaban J connectivity index is 2.02. The molecule has 0 spiro atoms. The van der Waals surface area contributed by atoms with Gasteiger partial charge >= 0.3 is 5.97 Å². The molecule has 1 unspecified atom stereocenters. The van der Waals surface area contributed by atoms with E-state index in [1.54, 1.807) is 6.07 Å². The summed E-state index contributed by atoms with van der Waals surface area (Å²) in [5, 5.41) is 0. The number of hydrogen-bond donors (Lipinski definition) is 0. The van der Waals surface area contributed by atoms with Crippen molar-refractivity contribution in [3.8, 4) is 0 Å². The highest BCUT2D eigenvalue weighted by Gasteiger charge is 2.31. The molecule has 3 heterocycles. The molecule has 128 valence electrons. The number of aromatic nitrogens is 1. The van der Waals surface area contributed by atoms with Gasteiger partial charge in [-0.1, -0.05) is 6.42 Å². The standard InChI is InChI=1S/C19H23NO4/c1-12(2)24-19(22)15-6-4-5-8-20-16(15)10-13(3)17(20)18(21)14-7-9-23-11-14/h7,9-12,15H,4-6,8H2,1-3H3. The quantitative estimate of drug-likeness (QED) is 0.631. The van der Waals surface area contributed by atoms with E-state index in [0.717, 1.165) is 37.1 Å². The zero-order valence-corrected chi connectivity index (χ0v) is 14.4. The summed E-state index contributed by atoms with van der Waals surface area (Å²) < 4.78 is 12.5. The van der Waals surface area contributed by atoms with Crippen LogP contribution in [0.3, 0.4) is 0 Å². The van der Waals surface area contributed by atoms with Crippen molar-refractivity contribution in [1.29, 1.82) is 0 Å². The van der Waals surface area contributed by atoms with Crippen LogP contribution in [0.5, 0.6) is 0 Å². The first-order chi connectivity index (χ1) is 11.5. The van der Waals surface area contributed by atoms with E-state index in [-0.39, 0.29) is 23.8 Å². The van der Waals surface area contributed by atoms with Gasteiger partial charge < -0.3 is 13.7 Å². The summed E-state index contributed by atoms with van der Waals surface area (Å²) in [6, 6.07) is 3.63. The monoisotopic (exact) mass is 329 g/mol. The predicted molar refractivity (Wildman–Crippen MR) is 89.1 cm³/mol. The summed E-state index contributed by atoms with van der Waals surface area (Å²) in [6.07, 6.45) is 5.46. The van der Waals surface area contributed by atoms with Crippen LogP contribution in [0.25, 0.3) is 0 Å². The highest BCUT2D eigenvalue weighted by molar-refractivity contribution is 6.08. The summed E-state index contributed by atoms with van der Waals surface area (Å²) in [5.41, 5.74) is 2.96. The summed E-state index contributed by atoms with van der Waals surface area (Å²) in [7, 11) is 0. The van der Waals surface area contributed by atoms with Crippen LogP contribution >= 0.6 is 0 Å². The highest BCUT2D eigenvalue weighted by Crippen LogP contribution is 2.33. The molecule has 0 saturated carbocycles. The van der Waals surface area contributed by atoms with Crippen molar-refractivity contribution in [2.45, 2.75) is 58.6 Å². The van der Waals surface area contributed by atoms with E-state index in [1.807, 2.05) is 31.4 Å². The summed E-state index contributed by atoms with van der Waals surface area (Å²) >= 11 is 0. The Hall–Kier alpha value is -2.30. The second kappa shape index (κ2) is 6.67. The molecule has 24 heavy (non-hydrogen) atoms. The average molecular weight is 329 g/mol. The molecule has 5 nitrogen and oxygen atoms in total. The molecule has 0 fully saturated rings. The lowest BCUT2D eigenvalue weighted by atomic mass is 9.99. The number of carbonyl (C=O) groups excluding carboxylic acids is 2. The normalized spacial score (nSPS) is 17.4. The molecule has 0 bridgehead atoms. The molecule has 5 heteroatoms. The topological polar surface area (TPSA) is 61.4 Å². The molecule has 3 rings (SSSR count). The number of ketones is 1. The lowest BCUT2D eigenvalue weighted by Gasteiger charge is -2.17. The lowest BCUT2D eigenvalue weighted by molar-refractivity contribution is -0.149. The molecule has 2 aromatic rings. The van der Waals surface area contributed by atoms with Gasteiger partial charge in [-0.15, -0.1) is 0 Å². The Bertz CT molecular complexity index is 740. The SMILES string of the molecule is Cc1cc2n(c1C(=O)c1ccoc1)CCCCC2C(=O)OC(C)C. The van der Waals surface area contributed by atoms with Gasteiger partial charge in [0.25, 0.3) is 0 Å². The van der Waals surface area contributed by atoms with E-state index < -0.39 is 0 Å². The molecule has 0 radical (unpaired) electrons. The van der Waals surface area contributed by atoms with Gasteiger partial charge in [0.1, 0.15) is 6.26 Å². The molecular weight excluding hydrogens is 306 g/mol. The van der Waals surface area contributed by atoms with E-state index in [4.69, 9.17) is 9.15 Å². The molecule has 1 atom stereocenters. The van der Waals surface area contributed by atoms with Crippen LogP contribution in [-0.4, -0.2) is 22.4 Å². The van der Waals surface area contributed by atoms with E-state index in [9.17, 15) is 9.59 Å². The van der Waals surface area contributed by atoms with Gasteiger partial charge in [-0.05, 0) is 51.3 Å². The maximum Gasteiger partial charge on any atom is 0.315 e. The summed E-state index contributed by atoms with van der Waals surface area (Å²) in [4.78, 5) is 25.3. The number of nitrogens with zero attached hydrogens (tertiary/aromatic N) is 1. The van der Waals surface area contributed by atoms with Gasteiger partial charge in [-0.25, -0.2) is 0 Å². The van der Waals surface area contributed by atoms with E-state index in [1.165, 1.54) is 12.5 Å². The van der Waals surface area contributed by atoms with Gasteiger partial charge in [-0.2, -0.15) is 0 Å². The lowest BCUT2D eigenvalue weighted by Crippen LogP contribution is -2.21. The van der Waals surface area contributed by atoms with Crippen molar-refractivity contribution in [2.24, 2.45) is 0 Å². The fraction of sp³-hybridized carbons (Fsp3) is 0.474. The number of aryl methyl sites for hydroxylation is 1. The molecule has 0 aliphatic carbocycles. The minimum atomic E-state index is -0.306. The Labute approximate surface area is 141 Å². The number of ether oxygens (including phenoxy) is 1. The smallest absolute Gasteiger partial charge is 0.315 e. The van der Waals surface area contributed by atoms with Crippen LogP contribution in [-0.2, 0) is 16.1 Å². The molecule has 1 aliphatic heterocycles. The molecule has 0 N–H and O–H groups in total. The fourth-order valence-electron chi connectivity index (χ4n) is 3.39. The molecule has 2 aromatic heterocycles. The first-order valence-corrected chi connectivity index (χ1v) is 8.46. The van der Waals surface area contributed by atoms with Crippen LogP contribution in [0.2, 0.25) is 0 Å². The second-order valence-electron chi connectivity index (χ2n) is 6.63. The average Bonchev–Trinajstić information content (AvgIpc) is 3.10. The summed E-state index contributed by atoms with van der Waals surface area (Å²) in [5.74, 6) is -0.571. The zero-order chi connectivity index (χ0) is 17.3. The number of carbonyl (C=O) groups is 2. The van der Waals surface area contributed by atoms with Gasteiger partial charge in [0.05, 0.1) is 29.5 Å². The van der Waals surface area contributed by atoms with E-state index >= 15 is 0 Å². The van der Waals surface area contributed by atoms with Crippen LogP contribution in [0.1, 0.15) is 66.3 Å². The molecule has 0 saturated heterocycles. The van der Waals surface area contributed by atoms with Gasteiger partial charge in [0.2, 0.25) is 5.78 Å². The van der Waals surface area contributed by atoms with Crippen LogP contribution in [0.4, 0.5) is 0 Å². The maximum atomic E-state index is 12.8. The van der Waals surface area contributed by atoms with E-state index in [0.29, 0.717) is 11.3 Å². The van der Waals surface area contributed by atoms with Crippen LogP contribution in [0.15, 0.2) is 29.1 Å². The predicted octanol–water partition coefficient (Wildman–Crippen LogP) is 3.84. The third kappa shape index (κ3) is 3.03. The van der Waals surface area contributed by atoms with Gasteiger partial charge in [0, 0.05) is 12.2 Å². The highest BCUT2D eigenvalue weighted by atomic mass is 16.5. The molecule has 0 amide bonds.